The van der Waals surface area contributed by atoms with Gasteiger partial charge in [0.25, 0.3) is 5.91 Å². The lowest BCUT2D eigenvalue weighted by atomic mass is 10.3. The van der Waals surface area contributed by atoms with Crippen LogP contribution in [0.1, 0.15) is 16.9 Å². The second-order valence-electron chi connectivity index (χ2n) is 5.06. The SMILES string of the molecule is O=C(c1ncc(F)cc1F)N1CCC(Oc2cccc(F)n2)C1. The molecule has 1 saturated heterocycles. The molecule has 1 unspecified atom stereocenters. The number of nitrogens with zero attached hydrogens (tertiary/aromatic N) is 3. The summed E-state index contributed by atoms with van der Waals surface area (Å²) in [5.74, 6) is -3.03. The van der Waals surface area contributed by atoms with E-state index >= 15 is 0 Å². The van der Waals surface area contributed by atoms with Crippen LogP contribution in [0.15, 0.2) is 30.5 Å². The molecule has 0 aliphatic carbocycles. The maximum Gasteiger partial charge on any atom is 0.275 e. The fraction of sp³-hybridized carbons (Fsp3) is 0.267. The first-order valence-corrected chi connectivity index (χ1v) is 6.92. The summed E-state index contributed by atoms with van der Waals surface area (Å²) >= 11 is 0. The predicted octanol–water partition coefficient (Wildman–Crippen LogP) is 2.19. The molecule has 0 spiro atoms. The van der Waals surface area contributed by atoms with Gasteiger partial charge in [-0.1, -0.05) is 6.07 Å². The average Bonchev–Trinajstić information content (AvgIpc) is 2.95. The molecular formula is C15H12F3N3O2. The van der Waals surface area contributed by atoms with Crippen LogP contribution in [-0.4, -0.2) is 40.0 Å². The number of rotatable bonds is 3. The first kappa shape index (κ1) is 15.3. The Morgan fingerprint density at radius 3 is 2.87 bits per heavy atom. The van der Waals surface area contributed by atoms with E-state index in [0.717, 1.165) is 6.20 Å². The number of likely N-dealkylation sites (tertiary alicyclic amines) is 1. The number of hydrogen-bond donors (Lipinski definition) is 0. The molecule has 5 nitrogen and oxygen atoms in total. The molecule has 1 fully saturated rings. The van der Waals surface area contributed by atoms with Gasteiger partial charge in [0.15, 0.2) is 11.5 Å². The maximum absolute atomic E-state index is 13.6. The van der Waals surface area contributed by atoms with Crippen molar-refractivity contribution in [2.24, 2.45) is 0 Å². The van der Waals surface area contributed by atoms with Gasteiger partial charge in [0, 0.05) is 25.1 Å². The van der Waals surface area contributed by atoms with Crippen molar-refractivity contribution >= 4 is 5.91 Å². The molecule has 0 bridgehead atoms. The molecule has 0 saturated carbocycles. The van der Waals surface area contributed by atoms with E-state index in [1.54, 1.807) is 0 Å². The number of aromatic nitrogens is 2. The number of pyridine rings is 2. The summed E-state index contributed by atoms with van der Waals surface area (Å²) in [5.41, 5.74) is -0.434. The fourth-order valence-electron chi connectivity index (χ4n) is 2.36. The van der Waals surface area contributed by atoms with E-state index in [2.05, 4.69) is 9.97 Å². The summed E-state index contributed by atoms with van der Waals surface area (Å²) in [6.45, 7) is 0.521. The largest absolute Gasteiger partial charge is 0.472 e. The van der Waals surface area contributed by atoms with Crippen molar-refractivity contribution in [3.05, 3.63) is 53.7 Å². The van der Waals surface area contributed by atoms with Crippen LogP contribution in [0.2, 0.25) is 0 Å². The van der Waals surface area contributed by atoms with Crippen molar-refractivity contribution in [1.29, 1.82) is 0 Å². The first-order chi connectivity index (χ1) is 11.0. The van der Waals surface area contributed by atoms with Gasteiger partial charge in [-0.05, 0) is 6.07 Å². The molecule has 0 N–H and O–H groups in total. The van der Waals surface area contributed by atoms with E-state index in [-0.39, 0.29) is 18.5 Å². The Balaban J connectivity index is 1.66. The van der Waals surface area contributed by atoms with Gasteiger partial charge in [-0.25, -0.2) is 13.8 Å². The monoisotopic (exact) mass is 323 g/mol. The molecule has 3 rings (SSSR count). The molecule has 3 heterocycles. The average molecular weight is 323 g/mol. The zero-order valence-electron chi connectivity index (χ0n) is 11.9. The van der Waals surface area contributed by atoms with E-state index in [1.807, 2.05) is 0 Å². The molecule has 0 radical (unpaired) electrons. The zero-order chi connectivity index (χ0) is 16.4. The Morgan fingerprint density at radius 2 is 2.13 bits per heavy atom. The van der Waals surface area contributed by atoms with Crippen molar-refractivity contribution in [1.82, 2.24) is 14.9 Å². The van der Waals surface area contributed by atoms with Gasteiger partial charge in [0.1, 0.15) is 11.9 Å². The third-order valence-electron chi connectivity index (χ3n) is 3.42. The lowest BCUT2D eigenvalue weighted by molar-refractivity contribution is 0.0759. The lowest BCUT2D eigenvalue weighted by Gasteiger charge is -2.16. The van der Waals surface area contributed by atoms with Crippen LogP contribution in [0.25, 0.3) is 0 Å². The third kappa shape index (κ3) is 3.41. The van der Waals surface area contributed by atoms with Gasteiger partial charge in [-0.3, -0.25) is 4.79 Å². The molecule has 1 amide bonds. The normalized spacial score (nSPS) is 17.3. The summed E-state index contributed by atoms with van der Waals surface area (Å²) < 4.78 is 45.0. The number of carbonyl (C=O) groups excluding carboxylic acids is 1. The minimum absolute atomic E-state index is 0.121. The van der Waals surface area contributed by atoms with Gasteiger partial charge < -0.3 is 9.64 Å². The molecule has 1 aliphatic heterocycles. The van der Waals surface area contributed by atoms with Crippen LogP contribution in [-0.2, 0) is 0 Å². The Morgan fingerprint density at radius 1 is 1.30 bits per heavy atom. The van der Waals surface area contributed by atoms with E-state index in [0.29, 0.717) is 19.0 Å². The van der Waals surface area contributed by atoms with Gasteiger partial charge in [0.05, 0.1) is 12.7 Å². The van der Waals surface area contributed by atoms with Gasteiger partial charge in [0.2, 0.25) is 11.8 Å². The highest BCUT2D eigenvalue weighted by molar-refractivity contribution is 5.92. The van der Waals surface area contributed by atoms with E-state index in [1.165, 1.54) is 23.1 Å². The van der Waals surface area contributed by atoms with Crippen LogP contribution in [0.3, 0.4) is 0 Å². The van der Waals surface area contributed by atoms with Crippen molar-refractivity contribution in [3.63, 3.8) is 0 Å². The Kier molecular flexibility index (Phi) is 4.14. The lowest BCUT2D eigenvalue weighted by Crippen LogP contribution is -2.32. The number of hydrogen-bond acceptors (Lipinski definition) is 4. The highest BCUT2D eigenvalue weighted by Crippen LogP contribution is 2.19. The fourth-order valence-corrected chi connectivity index (χ4v) is 2.36. The van der Waals surface area contributed by atoms with Crippen molar-refractivity contribution < 1.29 is 22.7 Å². The molecule has 8 heteroatoms. The number of ether oxygens (including phenoxy) is 1. The molecule has 1 atom stereocenters. The Bertz CT molecular complexity index is 742. The standard InChI is InChI=1S/C15H12F3N3O2/c16-9-6-11(17)14(19-7-9)15(22)21-5-4-10(8-21)23-13-3-1-2-12(18)20-13/h1-3,6-7,10H,4-5,8H2. The zero-order valence-corrected chi connectivity index (χ0v) is 11.9. The van der Waals surface area contributed by atoms with Crippen molar-refractivity contribution in [2.45, 2.75) is 12.5 Å². The quantitative estimate of drug-likeness (QED) is 0.813. The summed E-state index contributed by atoms with van der Waals surface area (Å²) in [6.07, 6.45) is 0.904. The molecule has 0 aromatic carbocycles. The van der Waals surface area contributed by atoms with Gasteiger partial charge in [-0.2, -0.15) is 9.37 Å². The molecular weight excluding hydrogens is 311 g/mol. The molecule has 120 valence electrons. The van der Waals surface area contributed by atoms with Gasteiger partial charge in [-0.15, -0.1) is 0 Å². The first-order valence-electron chi connectivity index (χ1n) is 6.92. The molecule has 2 aromatic rings. The maximum atomic E-state index is 13.6. The highest BCUT2D eigenvalue weighted by atomic mass is 19.1. The summed E-state index contributed by atoms with van der Waals surface area (Å²) in [5, 5.41) is 0. The Hall–Kier alpha value is -2.64. The summed E-state index contributed by atoms with van der Waals surface area (Å²) in [6, 6.07) is 4.78. The third-order valence-corrected chi connectivity index (χ3v) is 3.42. The number of carbonyl (C=O) groups is 1. The second-order valence-corrected chi connectivity index (χ2v) is 5.06. The minimum Gasteiger partial charge on any atom is -0.472 e. The minimum atomic E-state index is -1.01. The Labute approximate surface area is 129 Å². The number of amides is 1. The van der Waals surface area contributed by atoms with Crippen molar-refractivity contribution in [2.75, 3.05) is 13.1 Å². The van der Waals surface area contributed by atoms with Crippen LogP contribution in [0.5, 0.6) is 5.88 Å². The second kappa shape index (κ2) is 6.23. The van der Waals surface area contributed by atoms with Gasteiger partial charge >= 0.3 is 0 Å². The highest BCUT2D eigenvalue weighted by Gasteiger charge is 2.30. The predicted molar refractivity (Wildman–Crippen MR) is 73.3 cm³/mol. The molecule has 23 heavy (non-hydrogen) atoms. The van der Waals surface area contributed by atoms with Crippen molar-refractivity contribution in [3.8, 4) is 5.88 Å². The topological polar surface area (TPSA) is 55.3 Å². The van der Waals surface area contributed by atoms with E-state index < -0.39 is 29.2 Å². The van der Waals surface area contributed by atoms with Crippen LogP contribution >= 0.6 is 0 Å². The summed E-state index contributed by atoms with van der Waals surface area (Å²) in [7, 11) is 0. The van der Waals surface area contributed by atoms with E-state index in [9.17, 15) is 18.0 Å². The number of halogens is 3. The van der Waals surface area contributed by atoms with E-state index in [4.69, 9.17) is 4.74 Å². The smallest absolute Gasteiger partial charge is 0.275 e. The molecule has 2 aromatic heterocycles. The molecule has 1 aliphatic rings. The van der Waals surface area contributed by atoms with Crippen LogP contribution in [0.4, 0.5) is 13.2 Å². The van der Waals surface area contributed by atoms with Crippen LogP contribution in [0, 0.1) is 17.6 Å². The summed E-state index contributed by atoms with van der Waals surface area (Å²) in [4.78, 5) is 20.6. The van der Waals surface area contributed by atoms with Crippen LogP contribution < -0.4 is 4.74 Å².